The third-order valence-corrected chi connectivity index (χ3v) is 5.45. The molecule has 1 aromatic rings. The van der Waals surface area contributed by atoms with Crippen LogP contribution in [0.25, 0.3) is 0 Å². The fourth-order valence-corrected chi connectivity index (χ4v) is 4.13. The molecule has 5 nitrogen and oxygen atoms in total. The van der Waals surface area contributed by atoms with Crippen LogP contribution in [0, 0.1) is 5.92 Å². The van der Waals surface area contributed by atoms with E-state index in [9.17, 15) is 9.59 Å². The Kier molecular flexibility index (Phi) is 5.51. The monoisotopic (exact) mass is 369 g/mol. The van der Waals surface area contributed by atoms with Crippen LogP contribution in [0.15, 0.2) is 18.2 Å². The van der Waals surface area contributed by atoms with E-state index in [2.05, 4.69) is 10.6 Å². The number of nitrogens with zero attached hydrogens (tertiary/aromatic N) is 1. The number of hydrogen-bond donors (Lipinski definition) is 2. The Balaban J connectivity index is 1.49. The lowest BCUT2D eigenvalue weighted by Crippen LogP contribution is -2.45. The van der Waals surface area contributed by atoms with Gasteiger partial charge in [-0.25, -0.2) is 4.79 Å². The van der Waals surface area contributed by atoms with Gasteiger partial charge >= 0.3 is 6.03 Å². The number of nitrogens with one attached hydrogen (secondary N) is 2. The molecule has 0 radical (unpaired) electrons. The molecule has 0 spiro atoms. The molecule has 3 rings (SSSR count). The second-order valence-electron chi connectivity index (χ2n) is 6.46. The van der Waals surface area contributed by atoms with Crippen LogP contribution < -0.4 is 10.6 Å². The number of rotatable bonds is 3. The normalized spacial score (nSPS) is 21.7. The Hall–Kier alpha value is -1.46. The zero-order valence-corrected chi connectivity index (χ0v) is 14.9. The van der Waals surface area contributed by atoms with E-state index >= 15 is 0 Å². The highest BCUT2D eigenvalue weighted by Crippen LogP contribution is 2.37. The molecular formula is C17H21Cl2N3O2. The van der Waals surface area contributed by atoms with Gasteiger partial charge in [0.15, 0.2) is 0 Å². The van der Waals surface area contributed by atoms with Gasteiger partial charge in [-0.3, -0.25) is 4.79 Å². The first-order valence-electron chi connectivity index (χ1n) is 8.28. The first kappa shape index (κ1) is 17.4. The predicted octanol–water partition coefficient (Wildman–Crippen LogP) is 3.02. The van der Waals surface area contributed by atoms with Crippen molar-refractivity contribution in [3.05, 3.63) is 33.8 Å². The van der Waals surface area contributed by atoms with Crippen LogP contribution in [-0.4, -0.2) is 43.0 Å². The molecule has 2 heterocycles. The third-order valence-electron chi connectivity index (χ3n) is 4.79. The van der Waals surface area contributed by atoms with E-state index < -0.39 is 0 Å². The lowest BCUT2D eigenvalue weighted by Gasteiger charge is -2.33. The van der Waals surface area contributed by atoms with Crippen molar-refractivity contribution >= 4 is 35.1 Å². The van der Waals surface area contributed by atoms with Gasteiger partial charge in [-0.05, 0) is 36.5 Å². The Bertz CT molecular complexity index is 610. The molecular weight excluding hydrogens is 349 g/mol. The maximum Gasteiger partial charge on any atom is 0.317 e. The van der Waals surface area contributed by atoms with E-state index in [1.807, 2.05) is 23.1 Å². The highest BCUT2D eigenvalue weighted by Gasteiger charge is 2.27. The standard InChI is InChI=1S/C17H21Cl2N3O2/c18-13-2-1-3-14(19)16(13)12-4-6-22(7-5-12)17(24)21-10-11-8-15(23)20-9-11/h1-3,11-12H,4-10H2,(H,20,23)(H,21,24). The first-order valence-corrected chi connectivity index (χ1v) is 9.03. The minimum atomic E-state index is -0.0574. The molecule has 24 heavy (non-hydrogen) atoms. The van der Waals surface area contributed by atoms with E-state index in [0.29, 0.717) is 42.6 Å². The first-order chi connectivity index (χ1) is 11.5. The summed E-state index contributed by atoms with van der Waals surface area (Å²) in [7, 11) is 0. The molecule has 2 fully saturated rings. The summed E-state index contributed by atoms with van der Waals surface area (Å²) in [6.45, 7) is 2.54. The number of carbonyl (C=O) groups excluding carboxylic acids is 2. The largest absolute Gasteiger partial charge is 0.356 e. The van der Waals surface area contributed by atoms with Crippen molar-refractivity contribution < 1.29 is 9.59 Å². The quantitative estimate of drug-likeness (QED) is 0.859. The maximum absolute atomic E-state index is 12.3. The number of urea groups is 1. The molecule has 1 aromatic carbocycles. The Labute approximate surface area is 151 Å². The van der Waals surface area contributed by atoms with Gasteiger partial charge in [0.25, 0.3) is 0 Å². The van der Waals surface area contributed by atoms with Gasteiger partial charge in [-0.15, -0.1) is 0 Å². The molecule has 7 heteroatoms. The summed E-state index contributed by atoms with van der Waals surface area (Å²) in [4.78, 5) is 25.3. The van der Waals surface area contributed by atoms with Gasteiger partial charge < -0.3 is 15.5 Å². The summed E-state index contributed by atoms with van der Waals surface area (Å²) in [5, 5.41) is 7.11. The third kappa shape index (κ3) is 3.95. The van der Waals surface area contributed by atoms with E-state index in [1.165, 1.54) is 0 Å². The van der Waals surface area contributed by atoms with Crippen LogP contribution in [0.5, 0.6) is 0 Å². The van der Waals surface area contributed by atoms with Gasteiger partial charge in [-0.2, -0.15) is 0 Å². The molecule has 2 aliphatic heterocycles. The van der Waals surface area contributed by atoms with Gasteiger partial charge in [0.1, 0.15) is 0 Å². The minimum Gasteiger partial charge on any atom is -0.356 e. The van der Waals surface area contributed by atoms with Crippen LogP contribution in [0.2, 0.25) is 10.0 Å². The number of amides is 3. The van der Waals surface area contributed by atoms with Crippen molar-refractivity contribution in [3.63, 3.8) is 0 Å². The van der Waals surface area contributed by atoms with Crippen molar-refractivity contribution in [2.45, 2.75) is 25.2 Å². The van der Waals surface area contributed by atoms with Gasteiger partial charge in [0.05, 0.1) is 0 Å². The molecule has 2 saturated heterocycles. The average molecular weight is 370 g/mol. The number of hydrogen-bond acceptors (Lipinski definition) is 2. The molecule has 1 atom stereocenters. The number of benzene rings is 1. The van der Waals surface area contributed by atoms with E-state index in [1.54, 1.807) is 0 Å². The molecule has 2 aliphatic rings. The molecule has 3 amide bonds. The maximum atomic E-state index is 12.3. The summed E-state index contributed by atoms with van der Waals surface area (Å²) in [6.07, 6.45) is 2.19. The molecule has 2 N–H and O–H groups in total. The lowest BCUT2D eigenvalue weighted by atomic mass is 9.89. The SMILES string of the molecule is O=C1CC(CNC(=O)N2CCC(c3c(Cl)cccc3Cl)CC2)CN1. The Morgan fingerprint density at radius 2 is 1.92 bits per heavy atom. The highest BCUT2D eigenvalue weighted by molar-refractivity contribution is 6.36. The average Bonchev–Trinajstić information content (AvgIpc) is 2.98. The zero-order chi connectivity index (χ0) is 17.1. The van der Waals surface area contributed by atoms with Crippen LogP contribution in [0.1, 0.15) is 30.7 Å². The summed E-state index contributed by atoms with van der Waals surface area (Å²) >= 11 is 12.6. The van der Waals surface area contributed by atoms with Crippen molar-refractivity contribution in [3.8, 4) is 0 Å². The predicted molar refractivity (Wildman–Crippen MR) is 94.5 cm³/mol. The molecule has 0 bridgehead atoms. The Morgan fingerprint density at radius 1 is 1.25 bits per heavy atom. The van der Waals surface area contributed by atoms with Gasteiger partial charge in [0, 0.05) is 48.6 Å². The fraction of sp³-hybridized carbons (Fsp3) is 0.529. The van der Waals surface area contributed by atoms with E-state index in [4.69, 9.17) is 23.2 Å². The Morgan fingerprint density at radius 3 is 2.50 bits per heavy atom. The summed E-state index contributed by atoms with van der Waals surface area (Å²) in [5.74, 6) is 0.541. The summed E-state index contributed by atoms with van der Waals surface area (Å²) in [5.41, 5.74) is 0.997. The summed E-state index contributed by atoms with van der Waals surface area (Å²) < 4.78 is 0. The number of likely N-dealkylation sites (tertiary alicyclic amines) is 1. The topological polar surface area (TPSA) is 61.4 Å². The number of piperidine rings is 1. The molecule has 1 unspecified atom stereocenters. The van der Waals surface area contributed by atoms with Gasteiger partial charge in [-0.1, -0.05) is 29.3 Å². The highest BCUT2D eigenvalue weighted by atomic mass is 35.5. The smallest absolute Gasteiger partial charge is 0.317 e. The summed E-state index contributed by atoms with van der Waals surface area (Å²) in [6, 6.07) is 5.51. The number of halogens is 2. The van der Waals surface area contributed by atoms with Crippen LogP contribution >= 0.6 is 23.2 Å². The van der Waals surface area contributed by atoms with E-state index in [-0.39, 0.29) is 23.8 Å². The molecule has 0 saturated carbocycles. The molecule has 0 aromatic heterocycles. The van der Waals surface area contributed by atoms with Crippen molar-refractivity contribution in [2.75, 3.05) is 26.2 Å². The van der Waals surface area contributed by atoms with Crippen molar-refractivity contribution in [1.29, 1.82) is 0 Å². The molecule has 0 aliphatic carbocycles. The van der Waals surface area contributed by atoms with Crippen molar-refractivity contribution in [2.24, 2.45) is 5.92 Å². The second kappa shape index (κ2) is 7.62. The zero-order valence-electron chi connectivity index (χ0n) is 13.4. The van der Waals surface area contributed by atoms with E-state index in [0.717, 1.165) is 18.4 Å². The lowest BCUT2D eigenvalue weighted by molar-refractivity contribution is -0.119. The van der Waals surface area contributed by atoms with Crippen molar-refractivity contribution in [1.82, 2.24) is 15.5 Å². The molecule has 130 valence electrons. The number of carbonyl (C=O) groups is 2. The minimum absolute atomic E-state index is 0.0574. The van der Waals surface area contributed by atoms with Gasteiger partial charge in [0.2, 0.25) is 5.91 Å². The fourth-order valence-electron chi connectivity index (χ4n) is 3.42. The van der Waals surface area contributed by atoms with Crippen LogP contribution in [0.4, 0.5) is 4.79 Å². The van der Waals surface area contributed by atoms with Crippen LogP contribution in [-0.2, 0) is 4.79 Å². The second-order valence-corrected chi connectivity index (χ2v) is 7.27. The van der Waals surface area contributed by atoms with Crippen LogP contribution in [0.3, 0.4) is 0 Å².